The maximum Gasteiger partial charge on any atom is 0.325 e. The fourth-order valence-electron chi connectivity index (χ4n) is 1.76. The second-order valence-electron chi connectivity index (χ2n) is 4.93. The molecule has 1 aromatic carbocycles. The van der Waals surface area contributed by atoms with Crippen molar-refractivity contribution in [1.29, 1.82) is 0 Å². The molecule has 0 radical (unpaired) electrons. The summed E-state index contributed by atoms with van der Waals surface area (Å²) in [6.45, 7) is 0. The topological polar surface area (TPSA) is 59.7 Å². The third-order valence-electron chi connectivity index (χ3n) is 3.18. The summed E-state index contributed by atoms with van der Waals surface area (Å²) < 4.78 is 31.2. The molecule has 1 heterocycles. The second-order valence-corrected chi connectivity index (χ2v) is 7.33. The lowest BCUT2D eigenvalue weighted by Gasteiger charge is -2.16. The Bertz CT molecular complexity index is 835. The zero-order chi connectivity index (χ0) is 17.7. The highest BCUT2D eigenvalue weighted by Crippen LogP contribution is 2.16. The summed E-state index contributed by atoms with van der Waals surface area (Å²) in [5.74, 6) is 0.798. The number of methoxy groups -OCH3 is 1. The van der Waals surface area contributed by atoms with Crippen molar-refractivity contribution >= 4 is 27.7 Å². The fourth-order valence-corrected chi connectivity index (χ4v) is 2.34. The lowest BCUT2D eigenvalue weighted by Crippen LogP contribution is -2.46. The Morgan fingerprint density at radius 1 is 1.21 bits per heavy atom. The van der Waals surface area contributed by atoms with Crippen LogP contribution >= 0.6 is 11.6 Å². The minimum Gasteiger partial charge on any atom is -0.497 e. The summed E-state index contributed by atoms with van der Waals surface area (Å²) in [6, 6.07) is 12.2. The average Bonchev–Trinajstić information content (AvgIpc) is 2.55. The molecule has 0 fully saturated rings. The Morgan fingerprint density at radius 3 is 2.42 bits per heavy atom. The van der Waals surface area contributed by atoms with Crippen molar-refractivity contribution in [2.24, 2.45) is 0 Å². The van der Waals surface area contributed by atoms with Gasteiger partial charge in [-0.3, -0.25) is 0 Å². The van der Waals surface area contributed by atoms with Crippen molar-refractivity contribution in [3.8, 4) is 5.75 Å². The highest BCUT2D eigenvalue weighted by atomic mass is 35.5. The first kappa shape index (κ1) is 18.1. The smallest absolute Gasteiger partial charge is 0.325 e. The predicted molar refractivity (Wildman–Crippen MR) is 91.8 cm³/mol. The van der Waals surface area contributed by atoms with Gasteiger partial charge in [0.15, 0.2) is 0 Å². The second kappa shape index (κ2) is 7.55. The van der Waals surface area contributed by atoms with Gasteiger partial charge in [0.2, 0.25) is 16.2 Å². The quantitative estimate of drug-likeness (QED) is 0.443. The molecule has 1 aromatic heterocycles. The number of rotatable bonds is 6. The van der Waals surface area contributed by atoms with E-state index in [1.807, 2.05) is 0 Å². The van der Waals surface area contributed by atoms with Gasteiger partial charge < -0.3 is 4.74 Å². The van der Waals surface area contributed by atoms with Crippen LogP contribution in [-0.4, -0.2) is 33.1 Å². The average molecular weight is 370 g/mol. The van der Waals surface area contributed by atoms with E-state index in [1.54, 1.807) is 61.8 Å². The van der Waals surface area contributed by atoms with Gasteiger partial charge in [-0.2, -0.15) is 0 Å². The van der Waals surface area contributed by atoms with E-state index in [9.17, 15) is 8.42 Å². The fraction of sp³-hybridized carbons (Fsp3) is 0.188. The molecule has 0 aliphatic rings. The summed E-state index contributed by atoms with van der Waals surface area (Å²) in [5.41, 5.74) is 0.744. The molecule has 0 bridgehead atoms. The minimum absolute atomic E-state index is 0.0979. The first-order chi connectivity index (χ1) is 11.3. The molecule has 0 aliphatic heterocycles. The van der Waals surface area contributed by atoms with Crippen LogP contribution in [-0.2, 0) is 10.0 Å². The van der Waals surface area contributed by atoms with Crippen molar-refractivity contribution in [3.05, 3.63) is 65.3 Å². The van der Waals surface area contributed by atoms with Crippen LogP contribution in [0, 0.1) is 0 Å². The van der Waals surface area contributed by atoms with Gasteiger partial charge in [0, 0.05) is 30.0 Å². The van der Waals surface area contributed by atoms with Crippen LogP contribution in [0.15, 0.2) is 54.5 Å². The Morgan fingerprint density at radius 2 is 1.88 bits per heavy atom. The van der Waals surface area contributed by atoms with Crippen LogP contribution in [0.5, 0.6) is 5.75 Å². The van der Waals surface area contributed by atoms with Crippen molar-refractivity contribution < 1.29 is 22.7 Å². The van der Waals surface area contributed by atoms with Gasteiger partial charge in [0.1, 0.15) is 5.75 Å². The molecule has 0 unspecified atom stereocenters. The molecule has 0 saturated heterocycles. The number of pyridine rings is 1. The number of hydrogen-bond acceptors (Lipinski definition) is 4. The number of halogens is 1. The number of hydrogen-bond donors (Lipinski definition) is 0. The minimum atomic E-state index is -3.51. The molecule has 128 valence electrons. The zero-order valence-electron chi connectivity index (χ0n) is 13.5. The summed E-state index contributed by atoms with van der Waals surface area (Å²) in [6.07, 6.45) is 4.27. The van der Waals surface area contributed by atoms with E-state index < -0.39 is 10.0 Å². The van der Waals surface area contributed by atoms with Crippen LogP contribution in [0.1, 0.15) is 5.56 Å². The highest BCUT2D eigenvalue weighted by Gasteiger charge is 2.22. The number of benzene rings is 1. The van der Waals surface area contributed by atoms with Crippen molar-refractivity contribution in [2.45, 2.75) is 0 Å². The highest BCUT2D eigenvalue weighted by molar-refractivity contribution is 7.88. The largest absolute Gasteiger partial charge is 0.497 e. The van der Waals surface area contributed by atoms with Gasteiger partial charge in [-0.05, 0) is 35.4 Å². The molecule has 6 nitrogen and oxygen atoms in total. The molecule has 0 N–H and O–H groups in total. The monoisotopic (exact) mass is 369 g/mol. The van der Waals surface area contributed by atoms with E-state index in [2.05, 4.69) is 0 Å². The Balaban J connectivity index is 2.42. The van der Waals surface area contributed by atoms with Crippen LogP contribution in [0.3, 0.4) is 0 Å². The van der Waals surface area contributed by atoms with Crippen LogP contribution in [0.4, 0.5) is 0 Å². The van der Waals surface area contributed by atoms with Crippen LogP contribution < -0.4 is 14.3 Å². The molecule has 2 rings (SSSR count). The zero-order valence-corrected chi connectivity index (χ0v) is 15.1. The number of sulfonamides is 1. The van der Waals surface area contributed by atoms with Crippen LogP contribution in [0.25, 0.3) is 6.08 Å². The van der Waals surface area contributed by atoms with E-state index in [0.717, 1.165) is 16.1 Å². The first-order valence-corrected chi connectivity index (χ1v) is 9.18. The number of aromatic nitrogens is 1. The molecule has 24 heavy (non-hydrogen) atoms. The summed E-state index contributed by atoms with van der Waals surface area (Å²) in [4.78, 5) is 5.66. The first-order valence-electron chi connectivity index (χ1n) is 6.95. The normalized spacial score (nSPS) is 11.9. The van der Waals surface area contributed by atoms with E-state index in [0.29, 0.717) is 10.9 Å². The number of ether oxygens (including phenoxy) is 1. The van der Waals surface area contributed by atoms with Crippen molar-refractivity contribution in [2.75, 3.05) is 20.4 Å². The molecule has 0 saturated carbocycles. The standard InChI is InChI=1S/C16H18ClN2O4S/c1-18(24(3,20)21)16(23-19-11-5-4-6-15(19)17)12-13-7-9-14(22-2)10-8-13/h4-12H,1-3H3/q+1/b16-12+. The molecular weight excluding hydrogens is 352 g/mol. The molecule has 0 aliphatic carbocycles. The molecule has 8 heteroatoms. The molecular formula is C16H18ClN2O4S+. The molecule has 2 aromatic rings. The summed E-state index contributed by atoms with van der Waals surface area (Å²) in [7, 11) is -0.530. The van der Waals surface area contributed by atoms with Gasteiger partial charge in [0.25, 0.3) is 5.88 Å². The summed E-state index contributed by atoms with van der Waals surface area (Å²) in [5, 5.41) is 0.306. The Labute approximate surface area is 146 Å². The van der Waals surface area contributed by atoms with E-state index in [4.69, 9.17) is 21.2 Å². The van der Waals surface area contributed by atoms with Gasteiger partial charge >= 0.3 is 5.15 Å². The maximum absolute atomic E-state index is 11.9. The number of nitrogens with zero attached hydrogens (tertiary/aromatic N) is 2. The van der Waals surface area contributed by atoms with E-state index in [1.165, 1.54) is 11.8 Å². The third-order valence-corrected chi connectivity index (χ3v) is 4.65. The SMILES string of the molecule is COc1ccc(/C=C(/O[n+]2ccccc2Cl)N(C)S(C)(=O)=O)cc1. The van der Waals surface area contributed by atoms with E-state index >= 15 is 0 Å². The van der Waals surface area contributed by atoms with Gasteiger partial charge in [-0.1, -0.05) is 12.1 Å². The predicted octanol–water partition coefficient (Wildman–Crippen LogP) is 1.95. The Kier molecular flexibility index (Phi) is 5.69. The van der Waals surface area contributed by atoms with Gasteiger partial charge in [-0.15, -0.1) is 0 Å². The van der Waals surface area contributed by atoms with Crippen molar-refractivity contribution in [3.63, 3.8) is 0 Å². The lowest BCUT2D eigenvalue weighted by molar-refractivity contribution is -0.880. The molecule has 0 atom stereocenters. The van der Waals surface area contributed by atoms with Gasteiger partial charge in [-0.25, -0.2) is 17.6 Å². The third kappa shape index (κ3) is 4.62. The Hall–Kier alpha value is -2.25. The van der Waals surface area contributed by atoms with Crippen molar-refractivity contribution in [1.82, 2.24) is 4.31 Å². The molecule has 0 spiro atoms. The lowest BCUT2D eigenvalue weighted by atomic mass is 10.2. The summed E-state index contributed by atoms with van der Waals surface area (Å²) >= 11 is 6.06. The van der Waals surface area contributed by atoms with Crippen LogP contribution in [0.2, 0.25) is 5.15 Å². The van der Waals surface area contributed by atoms with E-state index in [-0.39, 0.29) is 5.88 Å². The van der Waals surface area contributed by atoms with Gasteiger partial charge in [0.05, 0.1) is 13.4 Å². The maximum atomic E-state index is 11.9. The molecule has 0 amide bonds.